The minimum atomic E-state index is -0.238. The molecule has 1 aliphatic heterocycles. The maximum absolute atomic E-state index is 12.1. The molecule has 0 aliphatic carbocycles. The summed E-state index contributed by atoms with van der Waals surface area (Å²) in [5.41, 5.74) is 0. The zero-order valence-corrected chi connectivity index (χ0v) is 13.1. The van der Waals surface area contributed by atoms with Gasteiger partial charge in [0.15, 0.2) is 0 Å². The SMILES string of the molecule is Cc1nc(C)n(CCNC(=O)C2CC(=O)N(C(C)C)C2)n1. The number of aromatic nitrogens is 3. The highest BCUT2D eigenvalue weighted by Crippen LogP contribution is 2.20. The van der Waals surface area contributed by atoms with Crippen LogP contribution in [0.4, 0.5) is 0 Å². The van der Waals surface area contributed by atoms with Gasteiger partial charge >= 0.3 is 0 Å². The third kappa shape index (κ3) is 3.59. The number of likely N-dealkylation sites (tertiary alicyclic amines) is 1. The second kappa shape index (κ2) is 6.24. The Hall–Kier alpha value is -1.92. The minimum absolute atomic E-state index is 0.0546. The predicted octanol–water partition coefficient (Wildman–Crippen LogP) is 0.268. The van der Waals surface area contributed by atoms with Gasteiger partial charge in [-0.2, -0.15) is 5.10 Å². The Balaban J connectivity index is 1.80. The van der Waals surface area contributed by atoms with E-state index in [4.69, 9.17) is 0 Å². The van der Waals surface area contributed by atoms with Gasteiger partial charge in [-0.1, -0.05) is 0 Å². The highest BCUT2D eigenvalue weighted by atomic mass is 16.2. The van der Waals surface area contributed by atoms with Gasteiger partial charge in [0.05, 0.1) is 12.5 Å². The van der Waals surface area contributed by atoms with Crippen LogP contribution in [-0.2, 0) is 16.1 Å². The first-order valence-electron chi connectivity index (χ1n) is 7.33. The number of hydrogen-bond acceptors (Lipinski definition) is 4. The standard InChI is InChI=1S/C14H23N5O2/c1-9(2)18-8-12(7-13(18)20)14(21)15-5-6-19-11(4)16-10(3)17-19/h9,12H,5-8H2,1-4H3,(H,15,21). The van der Waals surface area contributed by atoms with E-state index in [2.05, 4.69) is 15.4 Å². The van der Waals surface area contributed by atoms with Crippen molar-refractivity contribution in [1.82, 2.24) is 25.0 Å². The zero-order valence-electron chi connectivity index (χ0n) is 13.1. The Morgan fingerprint density at radius 1 is 1.43 bits per heavy atom. The molecule has 2 amide bonds. The maximum Gasteiger partial charge on any atom is 0.225 e. The van der Waals surface area contributed by atoms with Crippen LogP contribution in [0.3, 0.4) is 0 Å². The Bertz CT molecular complexity index is 537. The number of aryl methyl sites for hydroxylation is 2. The highest BCUT2D eigenvalue weighted by molar-refractivity contribution is 5.89. The fourth-order valence-electron chi connectivity index (χ4n) is 2.61. The molecule has 1 aromatic rings. The molecule has 0 aromatic carbocycles. The van der Waals surface area contributed by atoms with Gasteiger partial charge < -0.3 is 10.2 Å². The molecule has 0 bridgehead atoms. The van der Waals surface area contributed by atoms with Gasteiger partial charge in [-0.15, -0.1) is 0 Å². The lowest BCUT2D eigenvalue weighted by atomic mass is 10.1. The molecule has 0 radical (unpaired) electrons. The van der Waals surface area contributed by atoms with Gasteiger partial charge in [0, 0.05) is 25.6 Å². The molecule has 2 rings (SSSR count). The number of carbonyl (C=O) groups is 2. The second-order valence-corrected chi connectivity index (χ2v) is 5.76. The van der Waals surface area contributed by atoms with Crippen LogP contribution in [0, 0.1) is 19.8 Å². The van der Waals surface area contributed by atoms with Gasteiger partial charge in [0.25, 0.3) is 0 Å². The van der Waals surface area contributed by atoms with E-state index in [1.807, 2.05) is 27.7 Å². The smallest absolute Gasteiger partial charge is 0.225 e. The summed E-state index contributed by atoms with van der Waals surface area (Å²) < 4.78 is 1.77. The molecule has 7 nitrogen and oxygen atoms in total. The Morgan fingerprint density at radius 3 is 2.67 bits per heavy atom. The van der Waals surface area contributed by atoms with Crippen molar-refractivity contribution in [2.75, 3.05) is 13.1 Å². The molecule has 1 unspecified atom stereocenters. The third-order valence-electron chi connectivity index (χ3n) is 3.74. The summed E-state index contributed by atoms with van der Waals surface area (Å²) in [5.74, 6) is 1.34. The molecule has 1 aliphatic rings. The number of nitrogens with one attached hydrogen (secondary N) is 1. The third-order valence-corrected chi connectivity index (χ3v) is 3.74. The van der Waals surface area contributed by atoms with Crippen molar-refractivity contribution in [3.8, 4) is 0 Å². The van der Waals surface area contributed by atoms with Crippen LogP contribution in [0.25, 0.3) is 0 Å². The van der Waals surface area contributed by atoms with Gasteiger partial charge in [-0.3, -0.25) is 9.59 Å². The molecule has 0 saturated carbocycles. The van der Waals surface area contributed by atoms with Crippen molar-refractivity contribution < 1.29 is 9.59 Å². The van der Waals surface area contributed by atoms with Crippen LogP contribution in [0.5, 0.6) is 0 Å². The van der Waals surface area contributed by atoms with Crippen molar-refractivity contribution in [2.45, 2.75) is 46.7 Å². The molecule has 1 atom stereocenters. The van der Waals surface area contributed by atoms with E-state index in [-0.39, 0.29) is 23.8 Å². The average molecular weight is 293 g/mol. The molecule has 1 N–H and O–H groups in total. The van der Waals surface area contributed by atoms with Crippen LogP contribution in [0.1, 0.15) is 31.9 Å². The van der Waals surface area contributed by atoms with Gasteiger partial charge in [0.1, 0.15) is 11.6 Å². The van der Waals surface area contributed by atoms with E-state index in [1.165, 1.54) is 0 Å². The lowest BCUT2D eigenvalue weighted by Crippen LogP contribution is -2.36. The number of carbonyl (C=O) groups excluding carboxylic acids is 2. The Kier molecular flexibility index (Phi) is 4.59. The molecular formula is C14H23N5O2. The topological polar surface area (TPSA) is 80.1 Å². The quantitative estimate of drug-likeness (QED) is 0.845. The first-order chi connectivity index (χ1) is 9.88. The molecular weight excluding hydrogens is 270 g/mol. The number of hydrogen-bond donors (Lipinski definition) is 1. The predicted molar refractivity (Wildman–Crippen MR) is 77.5 cm³/mol. The van der Waals surface area contributed by atoms with Crippen molar-refractivity contribution in [3.63, 3.8) is 0 Å². The van der Waals surface area contributed by atoms with E-state index in [1.54, 1.807) is 9.58 Å². The van der Waals surface area contributed by atoms with E-state index in [0.29, 0.717) is 26.1 Å². The summed E-state index contributed by atoms with van der Waals surface area (Å²) in [6.07, 6.45) is 0.311. The van der Waals surface area contributed by atoms with Gasteiger partial charge in [-0.05, 0) is 27.7 Å². The first kappa shape index (κ1) is 15.5. The van der Waals surface area contributed by atoms with Crippen LogP contribution >= 0.6 is 0 Å². The lowest BCUT2D eigenvalue weighted by Gasteiger charge is -2.20. The second-order valence-electron chi connectivity index (χ2n) is 5.76. The van der Waals surface area contributed by atoms with E-state index in [9.17, 15) is 9.59 Å². The van der Waals surface area contributed by atoms with E-state index in [0.717, 1.165) is 11.6 Å². The summed E-state index contributed by atoms with van der Waals surface area (Å²) in [6.45, 7) is 9.26. The van der Waals surface area contributed by atoms with E-state index >= 15 is 0 Å². The van der Waals surface area contributed by atoms with Crippen LogP contribution in [0.15, 0.2) is 0 Å². The lowest BCUT2D eigenvalue weighted by molar-refractivity contribution is -0.129. The van der Waals surface area contributed by atoms with Gasteiger partial charge in [-0.25, -0.2) is 9.67 Å². The molecule has 1 aromatic heterocycles. The van der Waals surface area contributed by atoms with Crippen molar-refractivity contribution in [2.24, 2.45) is 5.92 Å². The fraction of sp³-hybridized carbons (Fsp3) is 0.714. The average Bonchev–Trinajstić information content (AvgIpc) is 2.93. The van der Waals surface area contributed by atoms with Crippen molar-refractivity contribution in [1.29, 1.82) is 0 Å². The molecule has 2 heterocycles. The largest absolute Gasteiger partial charge is 0.354 e. The van der Waals surface area contributed by atoms with Crippen molar-refractivity contribution >= 4 is 11.8 Å². The molecule has 7 heteroatoms. The molecule has 1 saturated heterocycles. The van der Waals surface area contributed by atoms with Crippen molar-refractivity contribution in [3.05, 3.63) is 11.6 Å². The summed E-state index contributed by atoms with van der Waals surface area (Å²) in [4.78, 5) is 29.9. The fourth-order valence-corrected chi connectivity index (χ4v) is 2.61. The monoisotopic (exact) mass is 293 g/mol. The highest BCUT2D eigenvalue weighted by Gasteiger charge is 2.35. The molecule has 116 valence electrons. The van der Waals surface area contributed by atoms with Crippen LogP contribution < -0.4 is 5.32 Å². The van der Waals surface area contributed by atoms with Crippen LogP contribution in [0.2, 0.25) is 0 Å². The summed E-state index contributed by atoms with van der Waals surface area (Å²) in [5, 5.41) is 7.13. The first-order valence-corrected chi connectivity index (χ1v) is 7.33. The van der Waals surface area contributed by atoms with E-state index < -0.39 is 0 Å². The number of nitrogens with zero attached hydrogens (tertiary/aromatic N) is 4. The number of amides is 2. The normalized spacial score (nSPS) is 18.6. The summed E-state index contributed by atoms with van der Waals surface area (Å²) >= 11 is 0. The molecule has 1 fully saturated rings. The van der Waals surface area contributed by atoms with Gasteiger partial charge in [0.2, 0.25) is 11.8 Å². The molecule has 0 spiro atoms. The Morgan fingerprint density at radius 2 is 2.14 bits per heavy atom. The summed E-state index contributed by atoms with van der Waals surface area (Å²) in [7, 11) is 0. The maximum atomic E-state index is 12.1. The number of rotatable bonds is 5. The Labute approximate surface area is 124 Å². The minimum Gasteiger partial charge on any atom is -0.354 e. The zero-order chi connectivity index (χ0) is 15.6. The molecule has 21 heavy (non-hydrogen) atoms. The summed E-state index contributed by atoms with van der Waals surface area (Å²) in [6, 6.07) is 0.149. The van der Waals surface area contributed by atoms with Crippen LogP contribution in [-0.4, -0.2) is 50.6 Å².